The molecule has 142 valence electrons. The van der Waals surface area contributed by atoms with Crippen LogP contribution in [0.2, 0.25) is 0 Å². The summed E-state index contributed by atoms with van der Waals surface area (Å²) in [6.45, 7) is 2.49. The Hall–Kier alpha value is -3.34. The Labute approximate surface area is 164 Å². The third kappa shape index (κ3) is 3.31. The SMILES string of the molecule is CC1(C(=O)NCc2ccccc2)Cc2ccccc2C(=O)N1Cc1ccco1. The van der Waals surface area contributed by atoms with E-state index in [0.717, 1.165) is 11.1 Å². The van der Waals surface area contributed by atoms with Crippen molar-refractivity contribution in [1.82, 2.24) is 10.2 Å². The number of amides is 2. The van der Waals surface area contributed by atoms with Crippen LogP contribution in [0.3, 0.4) is 0 Å². The molecule has 2 heterocycles. The van der Waals surface area contributed by atoms with Crippen LogP contribution in [0.25, 0.3) is 0 Å². The van der Waals surface area contributed by atoms with Crippen LogP contribution in [0, 0.1) is 0 Å². The van der Waals surface area contributed by atoms with Gasteiger partial charge < -0.3 is 14.6 Å². The lowest BCUT2D eigenvalue weighted by Gasteiger charge is -2.43. The monoisotopic (exact) mass is 374 g/mol. The summed E-state index contributed by atoms with van der Waals surface area (Å²) in [4.78, 5) is 28.1. The minimum atomic E-state index is -1.01. The maximum Gasteiger partial charge on any atom is 0.255 e. The van der Waals surface area contributed by atoms with Crippen molar-refractivity contribution in [2.75, 3.05) is 0 Å². The summed E-state index contributed by atoms with van der Waals surface area (Å²) in [7, 11) is 0. The van der Waals surface area contributed by atoms with Crippen molar-refractivity contribution in [1.29, 1.82) is 0 Å². The number of nitrogens with zero attached hydrogens (tertiary/aromatic N) is 1. The molecule has 1 unspecified atom stereocenters. The molecule has 3 aromatic rings. The minimum Gasteiger partial charge on any atom is -0.467 e. The van der Waals surface area contributed by atoms with Crippen molar-refractivity contribution in [3.63, 3.8) is 0 Å². The molecule has 0 radical (unpaired) electrons. The highest BCUT2D eigenvalue weighted by molar-refractivity contribution is 6.02. The Balaban J connectivity index is 1.64. The number of hydrogen-bond acceptors (Lipinski definition) is 3. The Morgan fingerprint density at radius 2 is 1.82 bits per heavy atom. The average Bonchev–Trinajstić information content (AvgIpc) is 3.23. The zero-order chi connectivity index (χ0) is 19.6. The van der Waals surface area contributed by atoms with Crippen LogP contribution in [-0.2, 0) is 24.3 Å². The molecular weight excluding hydrogens is 352 g/mol. The Bertz CT molecular complexity index is 982. The molecule has 0 spiro atoms. The van der Waals surface area contributed by atoms with Crippen LogP contribution < -0.4 is 5.32 Å². The zero-order valence-electron chi connectivity index (χ0n) is 15.7. The number of rotatable bonds is 5. The van der Waals surface area contributed by atoms with E-state index in [4.69, 9.17) is 4.42 Å². The highest BCUT2D eigenvalue weighted by Gasteiger charge is 2.46. The predicted octanol–water partition coefficient (Wildman–Crippen LogP) is 3.55. The largest absolute Gasteiger partial charge is 0.467 e. The number of carbonyl (C=O) groups is 2. The van der Waals surface area contributed by atoms with E-state index in [2.05, 4.69) is 5.32 Å². The topological polar surface area (TPSA) is 62.6 Å². The van der Waals surface area contributed by atoms with Gasteiger partial charge in [-0.05, 0) is 36.2 Å². The molecule has 5 heteroatoms. The lowest BCUT2D eigenvalue weighted by atomic mass is 9.82. The van der Waals surface area contributed by atoms with Gasteiger partial charge in [0.15, 0.2) is 0 Å². The van der Waals surface area contributed by atoms with Crippen molar-refractivity contribution in [2.24, 2.45) is 0 Å². The molecule has 0 aliphatic carbocycles. The van der Waals surface area contributed by atoms with Crippen molar-refractivity contribution in [3.05, 3.63) is 95.4 Å². The van der Waals surface area contributed by atoms with Crippen molar-refractivity contribution in [3.8, 4) is 0 Å². The van der Waals surface area contributed by atoms with Crippen molar-refractivity contribution in [2.45, 2.75) is 32.0 Å². The van der Waals surface area contributed by atoms with E-state index in [1.807, 2.05) is 67.6 Å². The number of benzene rings is 2. The van der Waals surface area contributed by atoms with Gasteiger partial charge in [-0.15, -0.1) is 0 Å². The molecule has 5 nitrogen and oxygen atoms in total. The smallest absolute Gasteiger partial charge is 0.255 e. The van der Waals surface area contributed by atoms with Crippen LogP contribution in [0.1, 0.15) is 34.2 Å². The summed E-state index contributed by atoms with van der Waals surface area (Å²) in [6.07, 6.45) is 2.03. The second kappa shape index (κ2) is 7.35. The first-order valence-corrected chi connectivity index (χ1v) is 9.32. The fourth-order valence-electron chi connectivity index (χ4n) is 3.70. The van der Waals surface area contributed by atoms with Crippen LogP contribution in [0.15, 0.2) is 77.4 Å². The number of nitrogens with one attached hydrogen (secondary N) is 1. The molecule has 1 aliphatic rings. The lowest BCUT2D eigenvalue weighted by molar-refractivity contribution is -0.132. The van der Waals surface area contributed by atoms with Crippen LogP contribution in [0.4, 0.5) is 0 Å². The summed E-state index contributed by atoms with van der Waals surface area (Å²) in [5.74, 6) is 0.316. The third-order valence-electron chi connectivity index (χ3n) is 5.30. The summed E-state index contributed by atoms with van der Waals surface area (Å²) >= 11 is 0. The first-order valence-electron chi connectivity index (χ1n) is 9.32. The molecule has 2 amide bonds. The number of fused-ring (bicyclic) bond motifs is 1. The van der Waals surface area contributed by atoms with Gasteiger partial charge in [0.2, 0.25) is 5.91 Å². The number of hydrogen-bond donors (Lipinski definition) is 1. The number of carbonyl (C=O) groups excluding carboxylic acids is 2. The molecule has 0 saturated heterocycles. The van der Waals surface area contributed by atoms with Gasteiger partial charge in [-0.1, -0.05) is 48.5 Å². The first kappa shape index (κ1) is 18.0. The molecule has 28 heavy (non-hydrogen) atoms. The summed E-state index contributed by atoms with van der Waals surface area (Å²) in [5, 5.41) is 3.01. The summed E-state index contributed by atoms with van der Waals surface area (Å²) in [5.41, 5.74) is 1.54. The fraction of sp³-hybridized carbons (Fsp3) is 0.217. The van der Waals surface area contributed by atoms with Gasteiger partial charge in [-0.3, -0.25) is 9.59 Å². The standard InChI is InChI=1S/C23H22N2O3/c1-23(22(27)24-15-17-8-3-2-4-9-17)14-18-10-5-6-12-20(18)21(26)25(23)16-19-11-7-13-28-19/h2-13H,14-16H2,1H3,(H,24,27). The van der Waals surface area contributed by atoms with Gasteiger partial charge in [0.1, 0.15) is 11.3 Å². The normalized spacial score (nSPS) is 18.6. The van der Waals surface area contributed by atoms with Gasteiger partial charge in [0.25, 0.3) is 5.91 Å². The molecule has 0 bridgehead atoms. The molecule has 2 aromatic carbocycles. The summed E-state index contributed by atoms with van der Waals surface area (Å²) < 4.78 is 5.45. The third-order valence-corrected chi connectivity index (χ3v) is 5.30. The number of furan rings is 1. The highest BCUT2D eigenvalue weighted by Crippen LogP contribution is 2.32. The summed E-state index contributed by atoms with van der Waals surface area (Å²) in [6, 6.07) is 20.8. The van der Waals surface area contributed by atoms with E-state index in [0.29, 0.717) is 24.3 Å². The van der Waals surface area contributed by atoms with Gasteiger partial charge in [-0.2, -0.15) is 0 Å². The van der Waals surface area contributed by atoms with E-state index in [-0.39, 0.29) is 18.4 Å². The molecule has 1 atom stereocenters. The molecule has 0 fully saturated rings. The first-order chi connectivity index (χ1) is 13.6. The maximum absolute atomic E-state index is 13.3. The predicted molar refractivity (Wildman–Crippen MR) is 105 cm³/mol. The van der Waals surface area contributed by atoms with Gasteiger partial charge in [0.05, 0.1) is 12.8 Å². The van der Waals surface area contributed by atoms with E-state index >= 15 is 0 Å². The van der Waals surface area contributed by atoms with Crippen molar-refractivity contribution < 1.29 is 14.0 Å². The van der Waals surface area contributed by atoms with E-state index in [9.17, 15) is 9.59 Å². The molecule has 0 saturated carbocycles. The second-order valence-electron chi connectivity index (χ2n) is 7.25. The lowest BCUT2D eigenvalue weighted by Crippen LogP contribution is -2.62. The van der Waals surface area contributed by atoms with Gasteiger partial charge in [-0.25, -0.2) is 0 Å². The van der Waals surface area contributed by atoms with Crippen LogP contribution >= 0.6 is 0 Å². The Morgan fingerprint density at radius 1 is 1.07 bits per heavy atom. The van der Waals surface area contributed by atoms with Gasteiger partial charge in [0, 0.05) is 18.5 Å². The molecular formula is C23H22N2O3. The quantitative estimate of drug-likeness (QED) is 0.743. The van der Waals surface area contributed by atoms with Crippen LogP contribution in [0.5, 0.6) is 0 Å². The van der Waals surface area contributed by atoms with E-state index < -0.39 is 5.54 Å². The molecule has 4 rings (SSSR count). The average molecular weight is 374 g/mol. The molecule has 1 aliphatic heterocycles. The van der Waals surface area contributed by atoms with Crippen LogP contribution in [-0.4, -0.2) is 22.3 Å². The fourth-order valence-corrected chi connectivity index (χ4v) is 3.70. The van der Waals surface area contributed by atoms with E-state index in [1.54, 1.807) is 17.2 Å². The second-order valence-corrected chi connectivity index (χ2v) is 7.25. The van der Waals surface area contributed by atoms with Crippen molar-refractivity contribution >= 4 is 11.8 Å². The Morgan fingerprint density at radius 3 is 2.57 bits per heavy atom. The Kier molecular flexibility index (Phi) is 4.74. The minimum absolute atomic E-state index is 0.157. The zero-order valence-corrected chi connectivity index (χ0v) is 15.7. The highest BCUT2D eigenvalue weighted by atomic mass is 16.3. The maximum atomic E-state index is 13.3. The molecule has 1 aromatic heterocycles. The van der Waals surface area contributed by atoms with Gasteiger partial charge >= 0.3 is 0 Å². The molecule has 1 N–H and O–H groups in total. The van der Waals surface area contributed by atoms with E-state index in [1.165, 1.54) is 0 Å².